The third-order valence-corrected chi connectivity index (χ3v) is 3.53. The number of rotatable bonds is 7. The molecule has 1 heterocycles. The minimum Gasteiger partial charge on any atom is -0.481 e. The number of aliphatic carboxylic acids is 1. The molecule has 0 aliphatic heterocycles. The third-order valence-electron chi connectivity index (χ3n) is 2.59. The highest BCUT2D eigenvalue weighted by Gasteiger charge is 2.30. The highest BCUT2D eigenvalue weighted by molar-refractivity contribution is 7.99. The van der Waals surface area contributed by atoms with Gasteiger partial charge in [0.05, 0.1) is 16.3 Å². The van der Waals surface area contributed by atoms with Crippen LogP contribution in [0.25, 0.3) is 0 Å². The van der Waals surface area contributed by atoms with Gasteiger partial charge < -0.3 is 10.4 Å². The Kier molecular flexibility index (Phi) is 6.66. The van der Waals surface area contributed by atoms with E-state index in [2.05, 4.69) is 10.3 Å². The van der Waals surface area contributed by atoms with Crippen molar-refractivity contribution in [2.45, 2.75) is 24.5 Å². The maximum absolute atomic E-state index is 12.3. The van der Waals surface area contributed by atoms with E-state index >= 15 is 0 Å². The van der Waals surface area contributed by atoms with Gasteiger partial charge in [-0.3, -0.25) is 9.59 Å². The van der Waals surface area contributed by atoms with Gasteiger partial charge >= 0.3 is 12.1 Å². The Balaban J connectivity index is 2.36. The van der Waals surface area contributed by atoms with Crippen LogP contribution in [-0.4, -0.2) is 34.3 Å². The van der Waals surface area contributed by atoms with Gasteiger partial charge in [-0.15, -0.1) is 0 Å². The molecule has 5 nitrogen and oxygen atoms in total. The molecule has 1 amide bonds. The predicted molar refractivity (Wildman–Crippen MR) is 74.4 cm³/mol. The van der Waals surface area contributed by atoms with Gasteiger partial charge in [-0.25, -0.2) is 4.98 Å². The van der Waals surface area contributed by atoms with Crippen LogP contribution in [0.15, 0.2) is 23.4 Å². The summed E-state index contributed by atoms with van der Waals surface area (Å²) in [5.74, 6) is -1.47. The number of carbonyl (C=O) groups excluding carboxylic acids is 1. The van der Waals surface area contributed by atoms with Gasteiger partial charge in [0, 0.05) is 19.2 Å². The number of alkyl halides is 3. The summed E-state index contributed by atoms with van der Waals surface area (Å²) in [6.07, 6.45) is -3.77. The molecule has 1 rings (SSSR count). The van der Waals surface area contributed by atoms with Gasteiger partial charge in [-0.2, -0.15) is 13.2 Å². The van der Waals surface area contributed by atoms with Crippen molar-refractivity contribution in [3.8, 4) is 0 Å². The first-order valence-electron chi connectivity index (χ1n) is 6.33. The van der Waals surface area contributed by atoms with Gasteiger partial charge in [0.2, 0.25) is 5.91 Å². The Morgan fingerprint density at radius 3 is 2.59 bits per heavy atom. The number of carbonyl (C=O) groups is 2. The number of thioether (sulfide) groups is 1. The maximum Gasteiger partial charge on any atom is 0.417 e. The molecule has 122 valence electrons. The molecule has 2 N–H and O–H groups in total. The number of aromatic nitrogens is 1. The van der Waals surface area contributed by atoms with Crippen molar-refractivity contribution in [3.63, 3.8) is 0 Å². The molecule has 0 saturated heterocycles. The lowest BCUT2D eigenvalue weighted by molar-refractivity contribution is -0.138. The van der Waals surface area contributed by atoms with Crippen molar-refractivity contribution < 1.29 is 27.9 Å². The summed E-state index contributed by atoms with van der Waals surface area (Å²) in [6, 6.07) is 2.11. The minimum absolute atomic E-state index is 0.00183. The zero-order chi connectivity index (χ0) is 16.8. The van der Waals surface area contributed by atoms with Gasteiger partial charge in [0.15, 0.2) is 0 Å². The third kappa shape index (κ3) is 6.79. The van der Waals surface area contributed by atoms with E-state index < -0.39 is 17.7 Å². The van der Waals surface area contributed by atoms with Crippen molar-refractivity contribution in [2.75, 3.05) is 12.3 Å². The van der Waals surface area contributed by atoms with E-state index in [0.717, 1.165) is 24.0 Å². The topological polar surface area (TPSA) is 79.3 Å². The van der Waals surface area contributed by atoms with Gasteiger partial charge in [0.25, 0.3) is 0 Å². The molecule has 0 saturated carbocycles. The van der Waals surface area contributed by atoms with E-state index in [0.29, 0.717) is 5.03 Å². The van der Waals surface area contributed by atoms with Crippen LogP contribution in [0, 0.1) is 5.92 Å². The Morgan fingerprint density at radius 2 is 2.09 bits per heavy atom. The van der Waals surface area contributed by atoms with Crippen LogP contribution >= 0.6 is 11.8 Å². The molecule has 0 bridgehead atoms. The van der Waals surface area contributed by atoms with Crippen LogP contribution in [-0.2, 0) is 15.8 Å². The fourth-order valence-corrected chi connectivity index (χ4v) is 2.15. The number of halogens is 3. The molecule has 1 aromatic rings. The second-order valence-corrected chi connectivity index (χ2v) is 5.67. The van der Waals surface area contributed by atoms with Crippen LogP contribution in [0.4, 0.5) is 13.2 Å². The molecule has 9 heteroatoms. The standard InChI is InChI=1S/C13H15F3N2O3S/c1-8(4-12(20)21)5-17-10(19)7-22-11-3-2-9(6-18-11)13(14,15)16/h2-3,6,8H,4-5,7H2,1H3,(H,17,19)(H,20,21). The van der Waals surface area contributed by atoms with E-state index in [1.807, 2.05) is 0 Å². The van der Waals surface area contributed by atoms with Crippen molar-refractivity contribution in [1.29, 1.82) is 0 Å². The van der Waals surface area contributed by atoms with Gasteiger partial charge in [-0.1, -0.05) is 18.7 Å². The molecule has 22 heavy (non-hydrogen) atoms. The number of carboxylic acids is 1. The first kappa shape index (κ1) is 18.3. The Bertz CT molecular complexity index is 520. The number of hydrogen-bond acceptors (Lipinski definition) is 4. The van der Waals surface area contributed by atoms with Crippen molar-refractivity contribution in [3.05, 3.63) is 23.9 Å². The predicted octanol–water partition coefficient (Wildman–Crippen LogP) is 2.42. The molecule has 0 aliphatic carbocycles. The number of nitrogens with zero attached hydrogens (tertiary/aromatic N) is 1. The molecular formula is C13H15F3N2O3S. The Labute approximate surface area is 129 Å². The van der Waals surface area contributed by atoms with E-state index in [9.17, 15) is 22.8 Å². The summed E-state index contributed by atoms with van der Waals surface area (Å²) in [4.78, 5) is 25.6. The molecule has 0 fully saturated rings. The Hall–Kier alpha value is -1.77. The summed E-state index contributed by atoms with van der Waals surface area (Å²) < 4.78 is 37.0. The fraction of sp³-hybridized carbons (Fsp3) is 0.462. The van der Waals surface area contributed by atoms with Crippen LogP contribution in [0.5, 0.6) is 0 Å². The van der Waals surface area contributed by atoms with E-state index in [1.54, 1.807) is 6.92 Å². The second-order valence-electron chi connectivity index (χ2n) is 4.68. The number of pyridine rings is 1. The summed E-state index contributed by atoms with van der Waals surface area (Å²) in [5.41, 5.74) is -0.844. The molecule has 0 radical (unpaired) electrons. The zero-order valence-corrected chi connectivity index (χ0v) is 12.5. The van der Waals surface area contributed by atoms with Crippen molar-refractivity contribution >= 4 is 23.6 Å². The average molecular weight is 336 g/mol. The van der Waals surface area contributed by atoms with Crippen LogP contribution in [0.3, 0.4) is 0 Å². The molecule has 1 unspecified atom stereocenters. The van der Waals surface area contributed by atoms with Crippen LogP contribution in [0.2, 0.25) is 0 Å². The Morgan fingerprint density at radius 1 is 1.41 bits per heavy atom. The van der Waals surface area contributed by atoms with Crippen LogP contribution in [0.1, 0.15) is 18.9 Å². The molecule has 0 aliphatic rings. The smallest absolute Gasteiger partial charge is 0.417 e. The van der Waals surface area contributed by atoms with Crippen molar-refractivity contribution in [1.82, 2.24) is 10.3 Å². The maximum atomic E-state index is 12.3. The highest BCUT2D eigenvalue weighted by Crippen LogP contribution is 2.29. The van der Waals surface area contributed by atoms with Gasteiger partial charge in [0.1, 0.15) is 0 Å². The number of amides is 1. The monoisotopic (exact) mass is 336 g/mol. The number of carboxylic acid groups (broad SMARTS) is 1. The average Bonchev–Trinajstić information content (AvgIpc) is 2.41. The minimum atomic E-state index is -4.44. The summed E-state index contributed by atoms with van der Waals surface area (Å²) in [7, 11) is 0. The largest absolute Gasteiger partial charge is 0.481 e. The molecular weight excluding hydrogens is 321 g/mol. The lowest BCUT2D eigenvalue weighted by Gasteiger charge is -2.10. The second kappa shape index (κ2) is 8.02. The van der Waals surface area contributed by atoms with E-state index in [4.69, 9.17) is 5.11 Å². The normalized spacial score (nSPS) is 12.7. The van der Waals surface area contributed by atoms with Crippen molar-refractivity contribution in [2.24, 2.45) is 5.92 Å². The number of nitrogens with one attached hydrogen (secondary N) is 1. The summed E-state index contributed by atoms with van der Waals surface area (Å²) in [5, 5.41) is 11.4. The van der Waals surface area contributed by atoms with E-state index in [1.165, 1.54) is 6.07 Å². The van der Waals surface area contributed by atoms with Gasteiger partial charge in [-0.05, 0) is 18.1 Å². The first-order chi connectivity index (χ1) is 10.2. The molecule has 0 spiro atoms. The quantitative estimate of drug-likeness (QED) is 0.748. The molecule has 1 aromatic heterocycles. The lowest BCUT2D eigenvalue weighted by Crippen LogP contribution is -2.30. The van der Waals surface area contributed by atoms with E-state index in [-0.39, 0.29) is 30.5 Å². The van der Waals surface area contributed by atoms with Crippen LogP contribution < -0.4 is 5.32 Å². The summed E-state index contributed by atoms with van der Waals surface area (Å²) >= 11 is 1.01. The number of hydrogen-bond donors (Lipinski definition) is 2. The first-order valence-corrected chi connectivity index (χ1v) is 7.31. The zero-order valence-electron chi connectivity index (χ0n) is 11.7. The lowest BCUT2D eigenvalue weighted by atomic mass is 10.1. The highest BCUT2D eigenvalue weighted by atomic mass is 32.2. The molecule has 1 atom stereocenters. The SMILES string of the molecule is CC(CNC(=O)CSc1ccc(C(F)(F)F)cn1)CC(=O)O. The summed E-state index contributed by atoms with van der Waals surface area (Å²) in [6.45, 7) is 1.92. The fourth-order valence-electron chi connectivity index (χ4n) is 1.48. The molecule has 0 aromatic carbocycles.